The van der Waals surface area contributed by atoms with Gasteiger partial charge in [0.2, 0.25) is 0 Å². The molecule has 0 spiro atoms. The summed E-state index contributed by atoms with van der Waals surface area (Å²) in [6, 6.07) is 23.3. The lowest BCUT2D eigenvalue weighted by Gasteiger charge is -2.25. The van der Waals surface area contributed by atoms with Crippen LogP contribution in [0, 0.1) is 0 Å². The van der Waals surface area contributed by atoms with Gasteiger partial charge in [0.1, 0.15) is 5.52 Å². The number of hydrogen-bond donors (Lipinski definition) is 0. The van der Waals surface area contributed by atoms with Crippen LogP contribution in [0.25, 0.3) is 11.0 Å². The lowest BCUT2D eigenvalue weighted by atomic mass is 10.1. The van der Waals surface area contributed by atoms with Gasteiger partial charge in [-0.1, -0.05) is 47.1 Å². The molecule has 0 aliphatic carbocycles. The first-order valence-corrected chi connectivity index (χ1v) is 10.7. The number of para-hydroxylation sites is 1. The number of amides is 1. The Morgan fingerprint density at radius 1 is 0.966 bits per heavy atom. The van der Waals surface area contributed by atoms with Crippen molar-refractivity contribution in [1.29, 1.82) is 0 Å². The fourth-order valence-electron chi connectivity index (χ4n) is 3.70. The van der Waals surface area contributed by atoms with E-state index in [2.05, 4.69) is 10.3 Å². The Bertz CT molecular complexity index is 1190. The highest BCUT2D eigenvalue weighted by Gasteiger charge is 2.38. The van der Waals surface area contributed by atoms with Gasteiger partial charge in [-0.15, -0.1) is 16.9 Å². The van der Waals surface area contributed by atoms with Crippen LogP contribution in [0.1, 0.15) is 22.1 Å². The van der Waals surface area contributed by atoms with Crippen LogP contribution in [0.15, 0.2) is 77.7 Å². The summed E-state index contributed by atoms with van der Waals surface area (Å²) in [6.45, 7) is 0.597. The van der Waals surface area contributed by atoms with Gasteiger partial charge in [-0.25, -0.2) is 4.68 Å². The molecule has 1 amide bonds. The van der Waals surface area contributed by atoms with E-state index in [-0.39, 0.29) is 12.1 Å². The molecule has 2 heterocycles. The van der Waals surface area contributed by atoms with Crippen molar-refractivity contribution >= 4 is 40.3 Å². The second kappa shape index (κ2) is 7.54. The highest BCUT2D eigenvalue weighted by atomic mass is 35.5. The van der Waals surface area contributed by atoms with Crippen LogP contribution in [0.5, 0.6) is 0 Å². The van der Waals surface area contributed by atoms with Crippen LogP contribution >= 0.6 is 23.4 Å². The van der Waals surface area contributed by atoms with E-state index in [0.717, 1.165) is 37.8 Å². The molecule has 4 aromatic rings. The number of nitrogens with zero attached hydrogens (tertiary/aromatic N) is 4. The molecule has 7 heteroatoms. The van der Waals surface area contributed by atoms with E-state index < -0.39 is 0 Å². The normalized spacial score (nSPS) is 15.8. The molecule has 5 nitrogen and oxygen atoms in total. The molecule has 1 aromatic heterocycles. The Morgan fingerprint density at radius 2 is 1.72 bits per heavy atom. The topological polar surface area (TPSA) is 51.0 Å². The first kappa shape index (κ1) is 18.2. The number of thioether (sulfide) groups is 1. The molecule has 0 bridgehead atoms. The third-order valence-corrected chi connectivity index (χ3v) is 6.29. The molecule has 0 radical (unpaired) electrons. The minimum Gasteiger partial charge on any atom is -0.311 e. The van der Waals surface area contributed by atoms with Crippen molar-refractivity contribution in [3.63, 3.8) is 0 Å². The predicted molar refractivity (Wildman–Crippen MR) is 115 cm³/mol. The summed E-state index contributed by atoms with van der Waals surface area (Å²) in [4.78, 5) is 16.2. The van der Waals surface area contributed by atoms with Gasteiger partial charge in [0.15, 0.2) is 6.17 Å². The fraction of sp³-hybridized carbons (Fsp3) is 0.136. The summed E-state index contributed by atoms with van der Waals surface area (Å²) in [6.07, 6.45) is -0.295. The van der Waals surface area contributed by atoms with Crippen LogP contribution in [0.3, 0.4) is 0 Å². The van der Waals surface area contributed by atoms with Crippen molar-refractivity contribution < 1.29 is 4.79 Å². The zero-order valence-corrected chi connectivity index (χ0v) is 17.0. The van der Waals surface area contributed by atoms with Crippen molar-refractivity contribution in [1.82, 2.24) is 19.9 Å². The fourth-order valence-corrected chi connectivity index (χ4v) is 4.68. The molecule has 144 valence electrons. The van der Waals surface area contributed by atoms with E-state index in [4.69, 9.17) is 11.6 Å². The van der Waals surface area contributed by atoms with Crippen LogP contribution in [-0.4, -0.2) is 38.1 Å². The van der Waals surface area contributed by atoms with E-state index in [1.54, 1.807) is 11.8 Å². The molecule has 0 N–H and O–H groups in total. The number of halogens is 1. The molecule has 1 aliphatic rings. The lowest BCUT2D eigenvalue weighted by molar-refractivity contribution is 0.0706. The predicted octanol–water partition coefficient (Wildman–Crippen LogP) is 4.88. The summed E-state index contributed by atoms with van der Waals surface area (Å²) in [5.41, 5.74) is 3.43. The van der Waals surface area contributed by atoms with Crippen molar-refractivity contribution in [3.05, 3.63) is 88.9 Å². The van der Waals surface area contributed by atoms with Crippen LogP contribution in [-0.2, 0) is 0 Å². The molecule has 0 saturated heterocycles. The first-order valence-electron chi connectivity index (χ1n) is 9.30. The van der Waals surface area contributed by atoms with Crippen molar-refractivity contribution in [3.8, 4) is 0 Å². The molecule has 1 aliphatic heterocycles. The van der Waals surface area contributed by atoms with Gasteiger partial charge in [0.25, 0.3) is 5.91 Å². The van der Waals surface area contributed by atoms with Crippen LogP contribution < -0.4 is 0 Å². The summed E-state index contributed by atoms with van der Waals surface area (Å²) < 4.78 is 1.85. The molecule has 5 rings (SSSR count). The third-order valence-electron chi connectivity index (χ3n) is 5.05. The highest BCUT2D eigenvalue weighted by Crippen LogP contribution is 2.36. The van der Waals surface area contributed by atoms with E-state index in [1.165, 1.54) is 0 Å². The van der Waals surface area contributed by atoms with Crippen molar-refractivity contribution in [2.45, 2.75) is 11.1 Å². The minimum atomic E-state index is -0.295. The Hall–Kier alpha value is -2.83. The molecule has 1 unspecified atom stereocenters. The summed E-state index contributed by atoms with van der Waals surface area (Å²) in [5, 5.41) is 9.40. The van der Waals surface area contributed by atoms with E-state index in [9.17, 15) is 4.79 Å². The maximum Gasteiger partial charge on any atom is 0.256 e. The van der Waals surface area contributed by atoms with E-state index in [1.807, 2.05) is 82.4 Å². The number of hydrogen-bond acceptors (Lipinski definition) is 4. The largest absolute Gasteiger partial charge is 0.311 e. The zero-order valence-electron chi connectivity index (χ0n) is 15.4. The van der Waals surface area contributed by atoms with Gasteiger partial charge in [0.05, 0.1) is 5.52 Å². The molecule has 3 aromatic carbocycles. The van der Waals surface area contributed by atoms with E-state index >= 15 is 0 Å². The molecule has 1 atom stereocenters. The second-order valence-electron chi connectivity index (χ2n) is 6.78. The molecular weight excluding hydrogens is 404 g/mol. The molecular formula is C22H17ClN4OS. The minimum absolute atomic E-state index is 0.0295. The zero-order chi connectivity index (χ0) is 19.8. The van der Waals surface area contributed by atoms with Gasteiger partial charge < -0.3 is 4.90 Å². The average Bonchev–Trinajstić information content (AvgIpc) is 3.29. The van der Waals surface area contributed by atoms with Crippen LogP contribution in [0.4, 0.5) is 0 Å². The van der Waals surface area contributed by atoms with Gasteiger partial charge >= 0.3 is 0 Å². The highest BCUT2D eigenvalue weighted by molar-refractivity contribution is 7.99. The summed E-state index contributed by atoms with van der Waals surface area (Å²) >= 11 is 7.67. The van der Waals surface area contributed by atoms with E-state index in [0.29, 0.717) is 6.54 Å². The Labute approximate surface area is 177 Å². The quantitative estimate of drug-likeness (QED) is 0.432. The molecule has 29 heavy (non-hydrogen) atoms. The second-order valence-corrected chi connectivity index (χ2v) is 8.39. The number of benzene rings is 3. The molecule has 0 fully saturated rings. The molecule has 0 saturated carbocycles. The Kier molecular flexibility index (Phi) is 4.73. The summed E-state index contributed by atoms with van der Waals surface area (Å²) in [5.74, 6) is 0.798. The van der Waals surface area contributed by atoms with Gasteiger partial charge in [-0.05, 0) is 42.5 Å². The lowest BCUT2D eigenvalue weighted by Crippen LogP contribution is -2.34. The number of rotatable bonds is 5. The third kappa shape index (κ3) is 3.28. The number of carbonyl (C=O) groups is 1. The van der Waals surface area contributed by atoms with Gasteiger partial charge in [0, 0.05) is 33.3 Å². The maximum atomic E-state index is 13.2. The first-order chi connectivity index (χ1) is 14.2. The summed E-state index contributed by atoms with van der Waals surface area (Å²) in [7, 11) is 0. The van der Waals surface area contributed by atoms with Crippen molar-refractivity contribution in [2.75, 3.05) is 12.3 Å². The number of aromatic nitrogens is 3. The monoisotopic (exact) mass is 420 g/mol. The Morgan fingerprint density at radius 3 is 2.59 bits per heavy atom. The SMILES string of the molecule is O=C1c2ccccc2C(n2nnc3ccccc32)N1CCSc1ccc(Cl)cc1. The smallest absolute Gasteiger partial charge is 0.256 e. The van der Waals surface area contributed by atoms with Crippen LogP contribution in [0.2, 0.25) is 5.02 Å². The van der Waals surface area contributed by atoms with Gasteiger partial charge in [-0.2, -0.15) is 0 Å². The maximum absolute atomic E-state index is 13.2. The van der Waals surface area contributed by atoms with Gasteiger partial charge in [-0.3, -0.25) is 4.79 Å². The standard InChI is InChI=1S/C22H17ClN4OS/c23-15-9-11-16(12-10-15)29-14-13-26-21(17-5-1-2-6-18(17)22(26)28)27-20-8-4-3-7-19(20)24-25-27/h1-12,21H,13-14H2. The number of fused-ring (bicyclic) bond motifs is 2. The van der Waals surface area contributed by atoms with Crippen molar-refractivity contribution in [2.24, 2.45) is 0 Å². The number of carbonyl (C=O) groups excluding carboxylic acids is 1. The Balaban J connectivity index is 1.46. The average molecular weight is 421 g/mol.